The van der Waals surface area contributed by atoms with Gasteiger partial charge in [0.05, 0.1) is 12.2 Å². The zero-order chi connectivity index (χ0) is 8.65. The fourth-order valence-corrected chi connectivity index (χ4v) is 1.40. The van der Waals surface area contributed by atoms with E-state index in [1.165, 1.54) is 0 Å². The molecule has 1 aliphatic rings. The Balaban J connectivity index is 2.67. The summed E-state index contributed by atoms with van der Waals surface area (Å²) in [4.78, 5) is 0. The summed E-state index contributed by atoms with van der Waals surface area (Å²) in [7, 11) is 0. The minimum absolute atomic E-state index is 0.276. The highest BCUT2D eigenvalue weighted by Gasteiger charge is 2.40. The average Bonchev–Trinajstić information content (AvgIpc) is 1.81. The fourth-order valence-electron chi connectivity index (χ4n) is 1.40. The van der Waals surface area contributed by atoms with Gasteiger partial charge in [0.15, 0.2) is 6.29 Å². The van der Waals surface area contributed by atoms with Gasteiger partial charge in [0.1, 0.15) is 0 Å². The Labute approximate surface area is 66.0 Å². The first kappa shape index (κ1) is 8.93. The Morgan fingerprint density at radius 3 is 2.55 bits per heavy atom. The summed E-state index contributed by atoms with van der Waals surface area (Å²) in [6, 6.07) is 0. The molecule has 0 bridgehead atoms. The molecule has 4 atom stereocenters. The first-order valence-electron chi connectivity index (χ1n) is 3.74. The lowest BCUT2D eigenvalue weighted by Crippen LogP contribution is -2.59. The van der Waals surface area contributed by atoms with Gasteiger partial charge in [-0.15, -0.1) is 0 Å². The third kappa shape index (κ3) is 1.70. The van der Waals surface area contributed by atoms with E-state index in [-0.39, 0.29) is 6.42 Å². The highest BCUT2D eigenvalue weighted by molar-refractivity contribution is 4.94. The molecule has 1 saturated heterocycles. The lowest BCUT2D eigenvalue weighted by molar-refractivity contribution is -0.215. The Morgan fingerprint density at radius 1 is 1.55 bits per heavy atom. The normalized spacial score (nSPS) is 52.6. The van der Waals surface area contributed by atoms with Crippen LogP contribution in [0.15, 0.2) is 0 Å². The third-order valence-electron chi connectivity index (χ3n) is 2.11. The Hall–Kier alpha value is -0.160. The zero-order valence-electron chi connectivity index (χ0n) is 6.82. The van der Waals surface area contributed by atoms with E-state index in [0.717, 1.165) is 0 Å². The summed E-state index contributed by atoms with van der Waals surface area (Å²) < 4.78 is 4.96. The lowest BCUT2D eigenvalue weighted by Gasteiger charge is -2.41. The second-order valence-corrected chi connectivity index (χ2v) is 3.45. The monoisotopic (exact) mass is 161 g/mol. The van der Waals surface area contributed by atoms with E-state index in [1.54, 1.807) is 13.8 Å². The van der Waals surface area contributed by atoms with Crippen molar-refractivity contribution < 1.29 is 14.9 Å². The van der Waals surface area contributed by atoms with Crippen molar-refractivity contribution in [1.82, 2.24) is 0 Å². The molecule has 0 radical (unpaired) electrons. The van der Waals surface area contributed by atoms with Gasteiger partial charge in [-0.1, -0.05) is 0 Å². The second kappa shape index (κ2) is 2.71. The summed E-state index contributed by atoms with van der Waals surface area (Å²) in [6.45, 7) is 3.40. The van der Waals surface area contributed by atoms with Crippen LogP contribution in [0.4, 0.5) is 0 Å². The Morgan fingerprint density at radius 2 is 2.09 bits per heavy atom. The molecule has 4 nitrogen and oxygen atoms in total. The van der Waals surface area contributed by atoms with Gasteiger partial charge >= 0.3 is 0 Å². The van der Waals surface area contributed by atoms with Crippen molar-refractivity contribution in [3.8, 4) is 0 Å². The van der Waals surface area contributed by atoms with E-state index >= 15 is 0 Å². The zero-order valence-corrected chi connectivity index (χ0v) is 6.82. The maximum atomic E-state index is 9.46. The van der Waals surface area contributed by atoms with Crippen molar-refractivity contribution in [2.45, 2.75) is 44.3 Å². The molecule has 4 heteroatoms. The van der Waals surface area contributed by atoms with Gasteiger partial charge in [0, 0.05) is 12.0 Å². The number of rotatable bonds is 0. The van der Waals surface area contributed by atoms with Gasteiger partial charge in [-0.05, 0) is 13.8 Å². The van der Waals surface area contributed by atoms with Gasteiger partial charge in [-0.3, -0.25) is 0 Å². The minimum atomic E-state index is -0.844. The van der Waals surface area contributed by atoms with Crippen LogP contribution >= 0.6 is 0 Å². The van der Waals surface area contributed by atoms with Crippen LogP contribution in [-0.4, -0.2) is 34.2 Å². The topological polar surface area (TPSA) is 75.7 Å². The molecule has 0 spiro atoms. The minimum Gasteiger partial charge on any atom is -0.389 e. The number of ether oxygens (including phenoxy) is 1. The lowest BCUT2D eigenvalue weighted by atomic mass is 9.86. The predicted molar refractivity (Wildman–Crippen MR) is 39.8 cm³/mol. The van der Waals surface area contributed by atoms with Crippen molar-refractivity contribution in [2.24, 2.45) is 5.73 Å². The van der Waals surface area contributed by atoms with Crippen LogP contribution in [0.5, 0.6) is 0 Å². The van der Waals surface area contributed by atoms with Gasteiger partial charge in [0.25, 0.3) is 0 Å². The van der Waals surface area contributed by atoms with E-state index in [2.05, 4.69) is 0 Å². The SMILES string of the molecule is C[C@H]1OC(O)C[C@](C)(N)[C@@H]1O. The molecule has 1 rings (SSSR count). The second-order valence-electron chi connectivity index (χ2n) is 3.45. The van der Waals surface area contributed by atoms with Crippen LogP contribution in [0.3, 0.4) is 0 Å². The molecule has 0 aromatic carbocycles. The van der Waals surface area contributed by atoms with Crippen LogP contribution in [0.2, 0.25) is 0 Å². The molecule has 0 aliphatic carbocycles. The first-order chi connectivity index (χ1) is 4.93. The smallest absolute Gasteiger partial charge is 0.156 e. The van der Waals surface area contributed by atoms with Crippen molar-refractivity contribution in [2.75, 3.05) is 0 Å². The number of nitrogens with two attached hydrogens (primary N) is 1. The first-order valence-corrected chi connectivity index (χ1v) is 3.74. The third-order valence-corrected chi connectivity index (χ3v) is 2.11. The summed E-state index contributed by atoms with van der Waals surface area (Å²) in [5.74, 6) is 0. The van der Waals surface area contributed by atoms with Crippen molar-refractivity contribution in [3.05, 3.63) is 0 Å². The van der Waals surface area contributed by atoms with Gasteiger partial charge in [-0.2, -0.15) is 0 Å². The summed E-state index contributed by atoms with van der Waals surface area (Å²) in [5, 5.41) is 18.6. The number of hydrogen-bond donors (Lipinski definition) is 3. The molecule has 1 heterocycles. The molecule has 1 aliphatic heterocycles. The summed E-state index contributed by atoms with van der Waals surface area (Å²) in [6.07, 6.45) is -1.67. The molecule has 66 valence electrons. The number of aliphatic hydroxyl groups excluding tert-OH is 2. The molecule has 11 heavy (non-hydrogen) atoms. The van der Waals surface area contributed by atoms with E-state index in [9.17, 15) is 5.11 Å². The van der Waals surface area contributed by atoms with Gasteiger partial charge < -0.3 is 20.7 Å². The van der Waals surface area contributed by atoms with Crippen LogP contribution in [-0.2, 0) is 4.74 Å². The standard InChI is InChI=1S/C7H15NO3/c1-4-6(10)7(2,8)3-5(9)11-4/h4-6,9-10H,3,8H2,1-2H3/t4-,5?,6-,7+/m1/s1. The predicted octanol–water partition coefficient (Wildman–Crippen LogP) is -0.808. The van der Waals surface area contributed by atoms with Crippen LogP contribution < -0.4 is 5.73 Å². The summed E-state index contributed by atoms with van der Waals surface area (Å²) in [5.41, 5.74) is 4.97. The fraction of sp³-hybridized carbons (Fsp3) is 1.00. The molecule has 1 unspecified atom stereocenters. The molecule has 0 aromatic heterocycles. The number of aliphatic hydroxyl groups is 2. The van der Waals surface area contributed by atoms with Gasteiger partial charge in [0.2, 0.25) is 0 Å². The van der Waals surface area contributed by atoms with E-state index in [4.69, 9.17) is 15.6 Å². The van der Waals surface area contributed by atoms with Crippen molar-refractivity contribution in [3.63, 3.8) is 0 Å². The molecular formula is C7H15NO3. The maximum absolute atomic E-state index is 9.46. The highest BCUT2D eigenvalue weighted by Crippen LogP contribution is 2.25. The molecule has 0 saturated carbocycles. The van der Waals surface area contributed by atoms with Gasteiger partial charge in [-0.25, -0.2) is 0 Å². The quantitative estimate of drug-likeness (QED) is 0.434. The van der Waals surface area contributed by atoms with E-state index in [0.29, 0.717) is 0 Å². The average molecular weight is 161 g/mol. The molecule has 0 aromatic rings. The molecule has 1 fully saturated rings. The van der Waals surface area contributed by atoms with E-state index in [1.807, 2.05) is 0 Å². The Kier molecular flexibility index (Phi) is 2.20. The highest BCUT2D eigenvalue weighted by atomic mass is 16.6. The Bertz CT molecular complexity index is 149. The van der Waals surface area contributed by atoms with E-state index < -0.39 is 24.0 Å². The molecule has 4 N–H and O–H groups in total. The van der Waals surface area contributed by atoms with Crippen molar-refractivity contribution in [1.29, 1.82) is 0 Å². The number of hydrogen-bond acceptors (Lipinski definition) is 4. The maximum Gasteiger partial charge on any atom is 0.156 e. The largest absolute Gasteiger partial charge is 0.389 e. The summed E-state index contributed by atoms with van der Waals surface area (Å²) >= 11 is 0. The molecule has 0 amide bonds. The molecular weight excluding hydrogens is 146 g/mol. The van der Waals surface area contributed by atoms with Crippen LogP contribution in [0, 0.1) is 0 Å². The van der Waals surface area contributed by atoms with Crippen LogP contribution in [0.25, 0.3) is 0 Å². The van der Waals surface area contributed by atoms with Crippen molar-refractivity contribution >= 4 is 0 Å². The van der Waals surface area contributed by atoms with Crippen LogP contribution in [0.1, 0.15) is 20.3 Å².